The molecule has 4 nitrogen and oxygen atoms in total. The van der Waals surface area contributed by atoms with Crippen LogP contribution in [0.3, 0.4) is 0 Å². The predicted octanol–water partition coefficient (Wildman–Crippen LogP) is 6.46. The van der Waals surface area contributed by atoms with Crippen LogP contribution in [0.4, 0.5) is 26.3 Å². The van der Waals surface area contributed by atoms with E-state index in [4.69, 9.17) is 4.74 Å². The summed E-state index contributed by atoms with van der Waals surface area (Å²) in [6, 6.07) is 19.1. The van der Waals surface area contributed by atoms with Gasteiger partial charge >= 0.3 is 18.3 Å². The van der Waals surface area contributed by atoms with Gasteiger partial charge in [0.2, 0.25) is 0 Å². The summed E-state index contributed by atoms with van der Waals surface area (Å²) in [5.74, 6) is -1.49. The molecule has 0 saturated heterocycles. The average molecular weight is 525 g/mol. The first kappa shape index (κ1) is 28.2. The van der Waals surface area contributed by atoms with Gasteiger partial charge in [-0.15, -0.1) is 0 Å². The monoisotopic (exact) mass is 525 g/mol. The Bertz CT molecular complexity index is 1090. The van der Waals surface area contributed by atoms with Crippen molar-refractivity contribution in [1.29, 1.82) is 0 Å². The molecule has 0 aliphatic heterocycles. The predicted molar refractivity (Wildman–Crippen MR) is 125 cm³/mol. The molecule has 1 N–H and O–H groups in total. The van der Waals surface area contributed by atoms with Crippen molar-refractivity contribution < 1.29 is 41.0 Å². The summed E-state index contributed by atoms with van der Waals surface area (Å²) in [4.78, 5) is 13.0. The van der Waals surface area contributed by atoms with Crippen molar-refractivity contribution >= 4 is 5.97 Å². The SMILES string of the molecule is CN(CC(=O)O)C(COCc1cc(C(F)(F)F)cc(C(F)(F)F)c1)C(c1ccccc1)c1ccccc1. The van der Waals surface area contributed by atoms with E-state index in [1.165, 1.54) is 0 Å². The van der Waals surface area contributed by atoms with Crippen LogP contribution in [0.15, 0.2) is 78.9 Å². The molecule has 0 fully saturated rings. The molecule has 3 aromatic carbocycles. The molecule has 0 spiro atoms. The number of alkyl halides is 6. The first-order chi connectivity index (χ1) is 17.4. The highest BCUT2D eigenvalue weighted by atomic mass is 19.4. The topological polar surface area (TPSA) is 49.8 Å². The van der Waals surface area contributed by atoms with Gasteiger partial charge in [-0.05, 0) is 41.9 Å². The Kier molecular flexibility index (Phi) is 8.98. The molecular weight excluding hydrogens is 500 g/mol. The molecular formula is C27H25F6NO3. The lowest BCUT2D eigenvalue weighted by Gasteiger charge is -2.34. The van der Waals surface area contributed by atoms with Crippen molar-refractivity contribution in [3.05, 3.63) is 107 Å². The number of carbonyl (C=O) groups is 1. The fraction of sp³-hybridized carbons (Fsp3) is 0.296. The number of aliphatic carboxylic acids is 1. The second-order valence-corrected chi connectivity index (χ2v) is 8.60. The van der Waals surface area contributed by atoms with Crippen LogP contribution < -0.4 is 0 Å². The van der Waals surface area contributed by atoms with Crippen LogP contribution in [0.1, 0.15) is 33.7 Å². The Balaban J connectivity index is 1.93. The second kappa shape index (κ2) is 11.8. The van der Waals surface area contributed by atoms with E-state index in [-0.39, 0.29) is 30.7 Å². The Morgan fingerprint density at radius 1 is 0.838 bits per heavy atom. The Hall–Kier alpha value is -3.37. The van der Waals surface area contributed by atoms with Crippen molar-refractivity contribution in [3.63, 3.8) is 0 Å². The molecule has 3 rings (SSSR count). The number of benzene rings is 3. The number of ether oxygens (including phenoxy) is 1. The van der Waals surface area contributed by atoms with Gasteiger partial charge < -0.3 is 9.84 Å². The van der Waals surface area contributed by atoms with Crippen LogP contribution in [0.2, 0.25) is 0 Å². The lowest BCUT2D eigenvalue weighted by Crippen LogP contribution is -2.43. The van der Waals surface area contributed by atoms with E-state index >= 15 is 0 Å². The molecule has 198 valence electrons. The number of carboxylic acids is 1. The zero-order chi connectivity index (χ0) is 27.2. The summed E-state index contributed by atoms with van der Waals surface area (Å²) in [5.41, 5.74) is -1.45. The average Bonchev–Trinajstić information content (AvgIpc) is 2.83. The number of nitrogens with zero attached hydrogens (tertiary/aromatic N) is 1. The lowest BCUT2D eigenvalue weighted by atomic mass is 9.84. The smallest absolute Gasteiger partial charge is 0.416 e. The lowest BCUT2D eigenvalue weighted by molar-refractivity contribution is -0.143. The van der Waals surface area contributed by atoms with Crippen molar-refractivity contribution in [3.8, 4) is 0 Å². The van der Waals surface area contributed by atoms with Crippen molar-refractivity contribution in [2.45, 2.75) is 30.9 Å². The number of hydrogen-bond acceptors (Lipinski definition) is 3. The molecule has 37 heavy (non-hydrogen) atoms. The van der Waals surface area contributed by atoms with Crippen molar-refractivity contribution in [1.82, 2.24) is 4.90 Å². The molecule has 10 heteroatoms. The van der Waals surface area contributed by atoms with E-state index in [2.05, 4.69) is 0 Å². The molecule has 0 bridgehead atoms. The molecule has 1 unspecified atom stereocenters. The minimum Gasteiger partial charge on any atom is -0.480 e. The zero-order valence-electron chi connectivity index (χ0n) is 19.8. The summed E-state index contributed by atoms with van der Waals surface area (Å²) < 4.78 is 85.0. The highest BCUT2D eigenvalue weighted by molar-refractivity contribution is 5.69. The van der Waals surface area contributed by atoms with Crippen LogP contribution >= 0.6 is 0 Å². The third kappa shape index (κ3) is 7.80. The van der Waals surface area contributed by atoms with Gasteiger partial charge in [-0.2, -0.15) is 26.3 Å². The van der Waals surface area contributed by atoms with E-state index < -0.39 is 42.1 Å². The normalized spacial score (nSPS) is 13.2. The molecule has 0 amide bonds. The summed E-state index contributed by atoms with van der Waals surface area (Å²) in [5, 5.41) is 9.38. The van der Waals surface area contributed by atoms with E-state index in [1.54, 1.807) is 11.9 Å². The zero-order valence-corrected chi connectivity index (χ0v) is 19.8. The molecule has 0 saturated carbocycles. The van der Waals surface area contributed by atoms with Crippen LogP contribution in [0.5, 0.6) is 0 Å². The molecule has 0 heterocycles. The maximum absolute atomic E-state index is 13.2. The minimum absolute atomic E-state index is 0.0633. The third-order valence-corrected chi connectivity index (χ3v) is 5.86. The summed E-state index contributed by atoms with van der Waals surface area (Å²) in [6.07, 6.45) is -9.93. The molecule has 0 radical (unpaired) electrons. The summed E-state index contributed by atoms with van der Waals surface area (Å²) in [7, 11) is 1.58. The van der Waals surface area contributed by atoms with E-state index in [1.807, 2.05) is 60.7 Å². The van der Waals surface area contributed by atoms with Gasteiger partial charge in [0.05, 0.1) is 30.9 Å². The van der Waals surface area contributed by atoms with Crippen LogP contribution in [0, 0.1) is 0 Å². The van der Waals surface area contributed by atoms with Gasteiger partial charge in [0.1, 0.15) is 0 Å². The fourth-order valence-corrected chi connectivity index (χ4v) is 4.17. The van der Waals surface area contributed by atoms with Crippen LogP contribution in [-0.4, -0.2) is 42.2 Å². The summed E-state index contributed by atoms with van der Waals surface area (Å²) in [6.45, 7) is -1.04. The maximum Gasteiger partial charge on any atom is 0.416 e. The number of halogens is 6. The minimum atomic E-state index is -4.97. The van der Waals surface area contributed by atoms with Gasteiger partial charge in [0.25, 0.3) is 0 Å². The largest absolute Gasteiger partial charge is 0.480 e. The Morgan fingerprint density at radius 3 is 1.70 bits per heavy atom. The number of hydrogen-bond donors (Lipinski definition) is 1. The van der Waals surface area contributed by atoms with Crippen LogP contribution in [-0.2, 0) is 28.5 Å². The Labute approximate surface area is 210 Å². The fourth-order valence-electron chi connectivity index (χ4n) is 4.17. The first-order valence-corrected chi connectivity index (χ1v) is 11.2. The molecule has 0 aliphatic carbocycles. The summed E-state index contributed by atoms with van der Waals surface area (Å²) >= 11 is 0. The Morgan fingerprint density at radius 2 is 1.30 bits per heavy atom. The van der Waals surface area contributed by atoms with Crippen LogP contribution in [0.25, 0.3) is 0 Å². The van der Waals surface area contributed by atoms with E-state index in [0.717, 1.165) is 11.1 Å². The first-order valence-electron chi connectivity index (χ1n) is 11.2. The molecule has 0 aromatic heterocycles. The molecule has 3 aromatic rings. The maximum atomic E-state index is 13.2. The highest BCUT2D eigenvalue weighted by Gasteiger charge is 2.37. The third-order valence-electron chi connectivity index (χ3n) is 5.86. The van der Waals surface area contributed by atoms with E-state index in [0.29, 0.717) is 12.1 Å². The number of likely N-dealkylation sites (N-methyl/N-ethyl adjacent to an activating group) is 1. The van der Waals surface area contributed by atoms with Gasteiger partial charge in [-0.3, -0.25) is 9.69 Å². The van der Waals surface area contributed by atoms with Gasteiger partial charge in [-0.25, -0.2) is 0 Å². The van der Waals surface area contributed by atoms with Crippen molar-refractivity contribution in [2.24, 2.45) is 0 Å². The van der Waals surface area contributed by atoms with E-state index in [9.17, 15) is 36.2 Å². The standard InChI is InChI=1S/C27H25F6NO3/c1-34(15-24(35)36)23(25(19-8-4-2-5-9-19)20-10-6-3-7-11-20)17-37-16-18-12-21(26(28,29)30)14-22(13-18)27(31,32)33/h2-14,23,25H,15-17H2,1H3,(H,35,36). The van der Waals surface area contributed by atoms with Gasteiger partial charge in [0, 0.05) is 12.0 Å². The quantitative estimate of drug-likeness (QED) is 0.309. The molecule has 1 atom stereocenters. The highest BCUT2D eigenvalue weighted by Crippen LogP contribution is 2.37. The van der Waals surface area contributed by atoms with Gasteiger partial charge in [-0.1, -0.05) is 60.7 Å². The van der Waals surface area contributed by atoms with Crippen molar-refractivity contribution in [2.75, 3.05) is 20.2 Å². The number of carboxylic acid groups (broad SMARTS) is 1. The number of rotatable bonds is 10. The molecule has 0 aliphatic rings. The second-order valence-electron chi connectivity index (χ2n) is 8.60. The van der Waals surface area contributed by atoms with Gasteiger partial charge in [0.15, 0.2) is 0 Å².